The SMILES string of the molecule is CCc1ccc(OCCCC(=O)Nc2cc(OC)ccc2OC)cc1. The lowest BCUT2D eigenvalue weighted by molar-refractivity contribution is -0.116. The van der Waals surface area contributed by atoms with E-state index in [0.717, 1.165) is 12.2 Å². The first-order valence-electron chi connectivity index (χ1n) is 8.40. The second-order valence-corrected chi connectivity index (χ2v) is 5.56. The predicted molar refractivity (Wildman–Crippen MR) is 98.7 cm³/mol. The molecule has 0 aliphatic rings. The lowest BCUT2D eigenvalue weighted by atomic mass is 10.2. The van der Waals surface area contributed by atoms with Crippen molar-refractivity contribution in [3.05, 3.63) is 48.0 Å². The number of rotatable bonds is 9. The third-order valence-corrected chi connectivity index (χ3v) is 3.83. The van der Waals surface area contributed by atoms with Gasteiger partial charge in [0.25, 0.3) is 0 Å². The molecule has 25 heavy (non-hydrogen) atoms. The molecule has 0 saturated carbocycles. The molecule has 5 nitrogen and oxygen atoms in total. The van der Waals surface area contributed by atoms with Crippen LogP contribution < -0.4 is 19.5 Å². The fraction of sp³-hybridized carbons (Fsp3) is 0.350. The molecule has 0 spiro atoms. The molecule has 0 aromatic heterocycles. The number of carbonyl (C=O) groups is 1. The third kappa shape index (κ3) is 5.71. The summed E-state index contributed by atoms with van der Waals surface area (Å²) >= 11 is 0. The minimum absolute atomic E-state index is 0.0866. The summed E-state index contributed by atoms with van der Waals surface area (Å²) < 4.78 is 16.1. The Morgan fingerprint density at radius 2 is 1.72 bits per heavy atom. The van der Waals surface area contributed by atoms with Crippen LogP contribution in [0.15, 0.2) is 42.5 Å². The van der Waals surface area contributed by atoms with Crippen molar-refractivity contribution in [3.8, 4) is 17.2 Å². The van der Waals surface area contributed by atoms with Crippen LogP contribution in [0.2, 0.25) is 0 Å². The molecule has 0 unspecified atom stereocenters. The van der Waals surface area contributed by atoms with Gasteiger partial charge in [-0.25, -0.2) is 0 Å². The zero-order valence-electron chi connectivity index (χ0n) is 15.0. The molecule has 0 bridgehead atoms. The van der Waals surface area contributed by atoms with Crippen molar-refractivity contribution < 1.29 is 19.0 Å². The van der Waals surface area contributed by atoms with E-state index in [0.29, 0.717) is 36.6 Å². The van der Waals surface area contributed by atoms with Gasteiger partial charge in [-0.1, -0.05) is 19.1 Å². The Bertz CT molecular complexity index is 683. The second kappa shape index (κ2) is 9.57. The first-order valence-corrected chi connectivity index (χ1v) is 8.40. The number of hydrogen-bond donors (Lipinski definition) is 1. The van der Waals surface area contributed by atoms with Gasteiger partial charge in [0.1, 0.15) is 17.2 Å². The quantitative estimate of drug-likeness (QED) is 0.698. The van der Waals surface area contributed by atoms with Crippen molar-refractivity contribution in [2.24, 2.45) is 0 Å². The summed E-state index contributed by atoms with van der Waals surface area (Å²) in [6.45, 7) is 2.61. The highest BCUT2D eigenvalue weighted by molar-refractivity contribution is 5.92. The molecule has 2 aromatic carbocycles. The number of carbonyl (C=O) groups excluding carboxylic acids is 1. The molecule has 1 N–H and O–H groups in total. The summed E-state index contributed by atoms with van der Waals surface area (Å²) in [7, 11) is 3.15. The van der Waals surface area contributed by atoms with Crippen LogP contribution in [0.25, 0.3) is 0 Å². The molecule has 2 rings (SSSR count). The van der Waals surface area contributed by atoms with E-state index < -0.39 is 0 Å². The van der Waals surface area contributed by atoms with Crippen LogP contribution in [0.1, 0.15) is 25.3 Å². The van der Waals surface area contributed by atoms with Gasteiger partial charge in [-0.3, -0.25) is 4.79 Å². The molecule has 0 saturated heterocycles. The number of hydrogen-bond acceptors (Lipinski definition) is 4. The Balaban J connectivity index is 1.78. The maximum absolute atomic E-state index is 12.1. The first kappa shape index (κ1) is 18.6. The minimum Gasteiger partial charge on any atom is -0.497 e. The fourth-order valence-electron chi connectivity index (χ4n) is 2.37. The zero-order valence-corrected chi connectivity index (χ0v) is 15.0. The average Bonchev–Trinajstić information content (AvgIpc) is 2.65. The largest absolute Gasteiger partial charge is 0.497 e. The Labute approximate surface area is 148 Å². The fourth-order valence-corrected chi connectivity index (χ4v) is 2.37. The van der Waals surface area contributed by atoms with E-state index in [2.05, 4.69) is 24.4 Å². The van der Waals surface area contributed by atoms with Gasteiger partial charge in [-0.2, -0.15) is 0 Å². The van der Waals surface area contributed by atoms with Gasteiger partial charge < -0.3 is 19.5 Å². The Hall–Kier alpha value is -2.69. The van der Waals surface area contributed by atoms with E-state index in [1.54, 1.807) is 32.4 Å². The number of aryl methyl sites for hydroxylation is 1. The van der Waals surface area contributed by atoms with E-state index in [1.165, 1.54) is 5.56 Å². The normalized spacial score (nSPS) is 10.2. The lowest BCUT2D eigenvalue weighted by Crippen LogP contribution is -2.13. The van der Waals surface area contributed by atoms with Gasteiger partial charge >= 0.3 is 0 Å². The van der Waals surface area contributed by atoms with Gasteiger partial charge in [0.15, 0.2) is 0 Å². The number of amides is 1. The van der Waals surface area contributed by atoms with Crippen molar-refractivity contribution in [2.45, 2.75) is 26.2 Å². The summed E-state index contributed by atoms with van der Waals surface area (Å²) in [6, 6.07) is 13.3. The summed E-state index contributed by atoms with van der Waals surface area (Å²) in [5.74, 6) is 2.00. The monoisotopic (exact) mass is 343 g/mol. The standard InChI is InChI=1S/C20H25NO4/c1-4-15-7-9-16(10-8-15)25-13-5-6-20(22)21-18-14-17(23-2)11-12-19(18)24-3/h7-12,14H,4-6,13H2,1-3H3,(H,21,22). The van der Waals surface area contributed by atoms with Gasteiger partial charge in [0.05, 0.1) is 26.5 Å². The molecule has 0 radical (unpaired) electrons. The molecular formula is C20H25NO4. The Morgan fingerprint density at radius 3 is 2.36 bits per heavy atom. The molecule has 0 fully saturated rings. The Morgan fingerprint density at radius 1 is 1.00 bits per heavy atom. The summed E-state index contributed by atoms with van der Waals surface area (Å²) in [5, 5.41) is 2.85. The maximum atomic E-state index is 12.1. The first-order chi connectivity index (χ1) is 12.2. The van der Waals surface area contributed by atoms with E-state index in [9.17, 15) is 4.79 Å². The number of methoxy groups -OCH3 is 2. The van der Waals surface area contributed by atoms with E-state index >= 15 is 0 Å². The van der Waals surface area contributed by atoms with Crippen LogP contribution in [0.3, 0.4) is 0 Å². The average molecular weight is 343 g/mol. The number of benzene rings is 2. The Kier molecular flexibility index (Phi) is 7.14. The van der Waals surface area contributed by atoms with Crippen LogP contribution in [-0.2, 0) is 11.2 Å². The van der Waals surface area contributed by atoms with Crippen LogP contribution in [0.4, 0.5) is 5.69 Å². The maximum Gasteiger partial charge on any atom is 0.224 e. The molecule has 5 heteroatoms. The van der Waals surface area contributed by atoms with Gasteiger partial charge in [0, 0.05) is 12.5 Å². The molecule has 0 aliphatic carbocycles. The smallest absolute Gasteiger partial charge is 0.224 e. The number of ether oxygens (including phenoxy) is 3. The summed E-state index contributed by atoms with van der Waals surface area (Å²) in [6.07, 6.45) is 2.01. The molecular weight excluding hydrogens is 318 g/mol. The molecule has 2 aromatic rings. The van der Waals surface area contributed by atoms with Gasteiger partial charge in [0.2, 0.25) is 5.91 Å². The number of anilines is 1. The third-order valence-electron chi connectivity index (χ3n) is 3.83. The molecule has 1 amide bonds. The lowest BCUT2D eigenvalue weighted by Gasteiger charge is -2.12. The zero-order chi connectivity index (χ0) is 18.1. The summed E-state index contributed by atoms with van der Waals surface area (Å²) in [5.41, 5.74) is 1.88. The van der Waals surface area contributed by atoms with Crippen LogP contribution in [0.5, 0.6) is 17.2 Å². The van der Waals surface area contributed by atoms with E-state index in [1.807, 2.05) is 12.1 Å². The molecule has 0 atom stereocenters. The van der Waals surface area contributed by atoms with E-state index in [-0.39, 0.29) is 5.91 Å². The van der Waals surface area contributed by atoms with Crippen molar-refractivity contribution in [1.82, 2.24) is 0 Å². The minimum atomic E-state index is -0.0866. The van der Waals surface area contributed by atoms with Crippen LogP contribution in [0, 0.1) is 0 Å². The predicted octanol–water partition coefficient (Wildman–Crippen LogP) is 4.06. The van der Waals surface area contributed by atoms with Crippen molar-refractivity contribution in [1.29, 1.82) is 0 Å². The van der Waals surface area contributed by atoms with Crippen molar-refractivity contribution in [2.75, 3.05) is 26.1 Å². The topological polar surface area (TPSA) is 56.8 Å². The molecule has 0 aliphatic heterocycles. The number of nitrogens with one attached hydrogen (secondary N) is 1. The highest BCUT2D eigenvalue weighted by atomic mass is 16.5. The molecule has 134 valence electrons. The summed E-state index contributed by atoms with van der Waals surface area (Å²) in [4.78, 5) is 12.1. The van der Waals surface area contributed by atoms with Crippen LogP contribution >= 0.6 is 0 Å². The molecule has 0 heterocycles. The second-order valence-electron chi connectivity index (χ2n) is 5.56. The highest BCUT2D eigenvalue weighted by Crippen LogP contribution is 2.29. The van der Waals surface area contributed by atoms with Gasteiger partial charge in [-0.05, 0) is 42.7 Å². The van der Waals surface area contributed by atoms with Crippen molar-refractivity contribution >= 4 is 11.6 Å². The highest BCUT2D eigenvalue weighted by Gasteiger charge is 2.09. The van der Waals surface area contributed by atoms with E-state index in [4.69, 9.17) is 14.2 Å². The van der Waals surface area contributed by atoms with Crippen LogP contribution in [-0.4, -0.2) is 26.7 Å². The van der Waals surface area contributed by atoms with Crippen molar-refractivity contribution in [3.63, 3.8) is 0 Å². The van der Waals surface area contributed by atoms with Gasteiger partial charge in [-0.15, -0.1) is 0 Å².